The number of hydrogen-bond donors (Lipinski definition) is 2. The summed E-state index contributed by atoms with van der Waals surface area (Å²) in [5.41, 5.74) is 3.06. The first-order chi connectivity index (χ1) is 11.5. The van der Waals surface area contributed by atoms with Gasteiger partial charge in [-0.3, -0.25) is 4.79 Å². The summed E-state index contributed by atoms with van der Waals surface area (Å²) < 4.78 is 5.00. The lowest BCUT2D eigenvalue weighted by molar-refractivity contribution is -0.120. The smallest absolute Gasteiger partial charge is 0.407 e. The lowest BCUT2D eigenvalue weighted by atomic mass is 10.1. The number of benzene rings is 1. The molecule has 7 heteroatoms. The largest absolute Gasteiger partial charge is 0.442 e. The number of nitrogens with one attached hydrogen (secondary N) is 2. The third kappa shape index (κ3) is 3.91. The maximum atomic E-state index is 12.2. The predicted molar refractivity (Wildman–Crippen MR) is 92.0 cm³/mol. The molecule has 0 saturated carbocycles. The number of hydrogen-bond acceptors (Lipinski definition) is 5. The molecule has 24 heavy (non-hydrogen) atoms. The molecule has 6 nitrogen and oxygen atoms in total. The Bertz CT molecular complexity index is 755. The molecule has 0 bridgehead atoms. The molecule has 2 aromatic rings. The van der Waals surface area contributed by atoms with Crippen LogP contribution in [0.2, 0.25) is 0 Å². The van der Waals surface area contributed by atoms with E-state index in [9.17, 15) is 9.59 Å². The molecule has 0 spiro atoms. The second-order valence-corrected chi connectivity index (χ2v) is 7.05. The fourth-order valence-corrected chi connectivity index (χ4v) is 3.46. The Balaban J connectivity index is 1.65. The number of thiazole rings is 1. The van der Waals surface area contributed by atoms with E-state index in [1.165, 1.54) is 16.9 Å². The molecule has 3 rings (SSSR count). The average Bonchev–Trinajstić information content (AvgIpc) is 3.12. The Morgan fingerprint density at radius 3 is 2.79 bits per heavy atom. The van der Waals surface area contributed by atoms with Crippen LogP contribution in [-0.4, -0.2) is 36.2 Å². The van der Waals surface area contributed by atoms with Gasteiger partial charge in [0.1, 0.15) is 6.10 Å². The highest BCUT2D eigenvalue weighted by molar-refractivity contribution is 7.12. The molecular weight excluding hydrogens is 326 g/mol. The monoisotopic (exact) mass is 345 g/mol. The van der Waals surface area contributed by atoms with Crippen molar-refractivity contribution < 1.29 is 14.3 Å². The summed E-state index contributed by atoms with van der Waals surface area (Å²) in [5, 5.41) is 6.31. The van der Waals surface area contributed by atoms with Crippen molar-refractivity contribution in [3.8, 4) is 11.3 Å². The number of rotatable bonds is 5. The molecule has 0 aliphatic carbocycles. The molecule has 1 aliphatic rings. The van der Waals surface area contributed by atoms with Gasteiger partial charge in [-0.05, 0) is 13.8 Å². The molecule has 126 valence electrons. The van der Waals surface area contributed by atoms with Crippen molar-refractivity contribution in [3.05, 3.63) is 39.7 Å². The van der Waals surface area contributed by atoms with E-state index in [-0.39, 0.29) is 18.4 Å². The highest BCUT2D eigenvalue weighted by Crippen LogP contribution is 2.28. The molecule has 2 amide bonds. The van der Waals surface area contributed by atoms with Gasteiger partial charge in [0.05, 0.1) is 30.2 Å². The fourth-order valence-electron chi connectivity index (χ4n) is 2.51. The summed E-state index contributed by atoms with van der Waals surface area (Å²) in [6.07, 6.45) is -0.474. The van der Waals surface area contributed by atoms with Gasteiger partial charge in [-0.15, -0.1) is 11.3 Å². The molecule has 2 N–H and O–H groups in total. The van der Waals surface area contributed by atoms with E-state index in [0.717, 1.165) is 21.1 Å². The predicted octanol–water partition coefficient (Wildman–Crippen LogP) is 2.19. The first-order valence-electron chi connectivity index (χ1n) is 7.76. The first-order valence-corrected chi connectivity index (χ1v) is 8.57. The van der Waals surface area contributed by atoms with Crippen molar-refractivity contribution in [2.75, 3.05) is 13.1 Å². The Labute approximate surface area is 144 Å². The summed E-state index contributed by atoms with van der Waals surface area (Å²) in [7, 11) is 0. The third-order valence-electron chi connectivity index (χ3n) is 3.73. The maximum Gasteiger partial charge on any atom is 0.407 e. The van der Waals surface area contributed by atoms with Crippen LogP contribution in [0.4, 0.5) is 4.79 Å². The van der Waals surface area contributed by atoms with Crippen LogP contribution in [0.25, 0.3) is 11.3 Å². The number of carbonyl (C=O) groups excluding carboxylic acids is 2. The number of ether oxygens (including phenoxy) is 1. The van der Waals surface area contributed by atoms with E-state index in [2.05, 4.69) is 15.6 Å². The van der Waals surface area contributed by atoms with Crippen molar-refractivity contribution in [1.82, 2.24) is 15.6 Å². The van der Waals surface area contributed by atoms with Crippen molar-refractivity contribution >= 4 is 23.3 Å². The van der Waals surface area contributed by atoms with Crippen molar-refractivity contribution in [2.45, 2.75) is 26.4 Å². The number of carbonyl (C=O) groups is 2. The number of cyclic esters (lactones) is 1. The second kappa shape index (κ2) is 7.00. The van der Waals surface area contributed by atoms with Gasteiger partial charge in [0.25, 0.3) is 0 Å². The molecule has 1 aliphatic heterocycles. The molecule has 1 saturated heterocycles. The number of aromatic nitrogens is 1. The molecule has 0 radical (unpaired) electrons. The molecule has 1 unspecified atom stereocenters. The minimum atomic E-state index is -0.436. The van der Waals surface area contributed by atoms with Crippen LogP contribution in [0.1, 0.15) is 15.4 Å². The van der Waals surface area contributed by atoms with E-state index in [0.29, 0.717) is 13.1 Å². The molecule has 2 heterocycles. The zero-order chi connectivity index (χ0) is 17.1. The Kier molecular flexibility index (Phi) is 4.80. The fraction of sp³-hybridized carbons (Fsp3) is 0.353. The quantitative estimate of drug-likeness (QED) is 0.870. The van der Waals surface area contributed by atoms with E-state index in [1.807, 2.05) is 38.1 Å². The van der Waals surface area contributed by atoms with Crippen LogP contribution in [-0.2, 0) is 16.0 Å². The molecule has 1 aromatic carbocycles. The van der Waals surface area contributed by atoms with Crippen LogP contribution in [0.5, 0.6) is 0 Å². The van der Waals surface area contributed by atoms with E-state index < -0.39 is 6.09 Å². The van der Waals surface area contributed by atoms with Gasteiger partial charge in [0.15, 0.2) is 0 Å². The summed E-state index contributed by atoms with van der Waals surface area (Å²) in [6, 6.07) is 8.12. The van der Waals surface area contributed by atoms with E-state index in [4.69, 9.17) is 4.74 Å². The summed E-state index contributed by atoms with van der Waals surface area (Å²) in [6.45, 7) is 4.71. The zero-order valence-electron chi connectivity index (χ0n) is 13.6. The van der Waals surface area contributed by atoms with Gasteiger partial charge >= 0.3 is 6.09 Å². The third-order valence-corrected chi connectivity index (χ3v) is 4.70. The van der Waals surface area contributed by atoms with E-state index in [1.54, 1.807) is 0 Å². The minimum Gasteiger partial charge on any atom is -0.442 e. The Morgan fingerprint density at radius 2 is 2.12 bits per heavy atom. The first kappa shape index (κ1) is 16.4. The van der Waals surface area contributed by atoms with Crippen molar-refractivity contribution in [1.29, 1.82) is 0 Å². The molecular formula is C17H19N3O3S. The highest BCUT2D eigenvalue weighted by Gasteiger charge is 2.23. The number of amides is 2. The lowest BCUT2D eigenvalue weighted by Gasteiger charge is -2.09. The minimum absolute atomic E-state index is 0.102. The zero-order valence-corrected chi connectivity index (χ0v) is 14.4. The topological polar surface area (TPSA) is 80.3 Å². The molecule has 1 fully saturated rings. The SMILES string of the molecule is Cc1ccc(-c2nc(C)sc2CC(=O)NCC2CNC(=O)O2)cc1. The van der Waals surface area contributed by atoms with Crippen molar-refractivity contribution in [2.24, 2.45) is 0 Å². The van der Waals surface area contributed by atoms with Gasteiger partial charge in [-0.1, -0.05) is 29.8 Å². The Morgan fingerprint density at radius 1 is 1.38 bits per heavy atom. The Hall–Kier alpha value is -2.41. The van der Waals surface area contributed by atoms with E-state index >= 15 is 0 Å². The van der Waals surface area contributed by atoms with Crippen LogP contribution in [0.3, 0.4) is 0 Å². The lowest BCUT2D eigenvalue weighted by Crippen LogP contribution is -2.34. The van der Waals surface area contributed by atoms with Gasteiger partial charge < -0.3 is 15.4 Å². The number of alkyl carbamates (subject to hydrolysis) is 1. The van der Waals surface area contributed by atoms with Gasteiger partial charge in [0, 0.05) is 10.4 Å². The van der Waals surface area contributed by atoms with Gasteiger partial charge in [0.2, 0.25) is 5.91 Å². The van der Waals surface area contributed by atoms with Crippen LogP contribution >= 0.6 is 11.3 Å². The second-order valence-electron chi connectivity index (χ2n) is 5.76. The van der Waals surface area contributed by atoms with Crippen LogP contribution in [0.15, 0.2) is 24.3 Å². The highest BCUT2D eigenvalue weighted by atomic mass is 32.1. The number of nitrogens with zero attached hydrogens (tertiary/aromatic N) is 1. The van der Waals surface area contributed by atoms with Crippen LogP contribution in [0, 0.1) is 13.8 Å². The summed E-state index contributed by atoms with van der Waals surface area (Å²) in [5.74, 6) is -0.102. The van der Waals surface area contributed by atoms with Crippen LogP contribution < -0.4 is 10.6 Å². The standard InChI is InChI=1S/C17H19N3O3S/c1-10-3-5-12(6-4-10)16-14(24-11(2)20-16)7-15(21)18-8-13-9-19-17(22)23-13/h3-6,13H,7-9H2,1-2H3,(H,18,21)(H,19,22). The van der Waals surface area contributed by atoms with Gasteiger partial charge in [-0.2, -0.15) is 0 Å². The summed E-state index contributed by atoms with van der Waals surface area (Å²) >= 11 is 1.53. The van der Waals surface area contributed by atoms with Gasteiger partial charge in [-0.25, -0.2) is 9.78 Å². The number of aryl methyl sites for hydroxylation is 2. The van der Waals surface area contributed by atoms with Crippen molar-refractivity contribution in [3.63, 3.8) is 0 Å². The normalized spacial score (nSPS) is 16.6. The molecule has 1 atom stereocenters. The maximum absolute atomic E-state index is 12.2. The summed E-state index contributed by atoms with van der Waals surface area (Å²) in [4.78, 5) is 28.7. The average molecular weight is 345 g/mol. The molecule has 1 aromatic heterocycles.